The van der Waals surface area contributed by atoms with Gasteiger partial charge in [0.15, 0.2) is 0 Å². The van der Waals surface area contributed by atoms with Gasteiger partial charge in [0, 0.05) is 31.6 Å². The average molecular weight is 544 g/mol. The fourth-order valence-corrected chi connectivity index (χ4v) is 5.01. The zero-order chi connectivity index (χ0) is 27.4. The Morgan fingerprint density at radius 3 is 2.50 bits per heavy atom. The summed E-state index contributed by atoms with van der Waals surface area (Å²) in [6, 6.07) is 12.9. The number of hydrogen-bond acceptors (Lipinski definition) is 6. The Labute approximate surface area is 225 Å². The largest absolute Gasteiger partial charge is 0.497 e. The highest BCUT2D eigenvalue weighted by molar-refractivity contribution is 6.31. The molecule has 11 nitrogen and oxygen atoms in total. The fourth-order valence-electron chi connectivity index (χ4n) is 4.82. The van der Waals surface area contributed by atoms with Crippen LogP contribution in [0.3, 0.4) is 0 Å². The number of carboxylic acids is 1. The number of ether oxygens (including phenoxy) is 1. The lowest BCUT2D eigenvalue weighted by atomic mass is 10.0. The minimum Gasteiger partial charge on any atom is -0.497 e. The van der Waals surface area contributed by atoms with Gasteiger partial charge in [-0.15, -0.1) is 0 Å². The first-order valence-electron chi connectivity index (χ1n) is 12.2. The summed E-state index contributed by atoms with van der Waals surface area (Å²) < 4.78 is 5.17. The lowest BCUT2D eigenvalue weighted by Gasteiger charge is -2.54. The molecule has 202 valence electrons. The van der Waals surface area contributed by atoms with Crippen LogP contribution in [0.1, 0.15) is 24.0 Å². The normalized spacial score (nSPS) is 19.8. The van der Waals surface area contributed by atoms with Gasteiger partial charge in [-0.25, -0.2) is 14.8 Å². The lowest BCUT2D eigenvalue weighted by Crippen LogP contribution is -2.75. The molecule has 4 rings (SSSR count). The van der Waals surface area contributed by atoms with Gasteiger partial charge in [0.1, 0.15) is 18.0 Å². The molecule has 2 atom stereocenters. The zero-order valence-electron chi connectivity index (χ0n) is 21.2. The molecular formula is C26H30ClN5O6. The van der Waals surface area contributed by atoms with Crippen molar-refractivity contribution in [3.8, 4) is 5.75 Å². The Hall–Kier alpha value is -3.83. The maximum atomic E-state index is 13.5. The molecule has 2 aromatic carbocycles. The highest BCUT2D eigenvalue weighted by atomic mass is 35.5. The van der Waals surface area contributed by atoms with Gasteiger partial charge in [-0.2, -0.15) is 0 Å². The van der Waals surface area contributed by atoms with Crippen LogP contribution in [0.4, 0.5) is 4.79 Å². The smallest absolute Gasteiger partial charge is 0.334 e. The van der Waals surface area contributed by atoms with E-state index in [0.29, 0.717) is 16.3 Å². The minimum absolute atomic E-state index is 0.0413. The Balaban J connectivity index is 1.60. The number of hydrogen-bond donors (Lipinski definition) is 2. The van der Waals surface area contributed by atoms with Crippen molar-refractivity contribution in [2.24, 2.45) is 0 Å². The molecule has 12 heteroatoms. The van der Waals surface area contributed by atoms with Crippen molar-refractivity contribution in [1.29, 1.82) is 0 Å². The van der Waals surface area contributed by atoms with Crippen LogP contribution in [-0.2, 0) is 27.5 Å². The predicted molar refractivity (Wildman–Crippen MR) is 138 cm³/mol. The van der Waals surface area contributed by atoms with E-state index in [2.05, 4.69) is 5.32 Å². The molecular weight excluding hydrogens is 514 g/mol. The van der Waals surface area contributed by atoms with Gasteiger partial charge in [0.2, 0.25) is 11.8 Å². The number of fused-ring (bicyclic) bond motifs is 1. The molecule has 0 bridgehead atoms. The van der Waals surface area contributed by atoms with Crippen molar-refractivity contribution >= 4 is 35.4 Å². The average Bonchev–Trinajstić information content (AvgIpc) is 2.89. The van der Waals surface area contributed by atoms with Crippen LogP contribution < -0.4 is 10.1 Å². The third-order valence-corrected chi connectivity index (χ3v) is 7.07. The van der Waals surface area contributed by atoms with Gasteiger partial charge in [0.05, 0.1) is 20.2 Å². The summed E-state index contributed by atoms with van der Waals surface area (Å²) in [4.78, 5) is 54.4. The summed E-state index contributed by atoms with van der Waals surface area (Å²) in [5, 5.41) is 15.6. The number of methoxy groups -OCH3 is 1. The van der Waals surface area contributed by atoms with E-state index in [1.165, 1.54) is 19.8 Å². The van der Waals surface area contributed by atoms with E-state index in [9.17, 15) is 24.3 Å². The second kappa shape index (κ2) is 11.7. The van der Waals surface area contributed by atoms with E-state index >= 15 is 0 Å². The number of aliphatic carboxylic acids is 1. The molecule has 2 saturated heterocycles. The molecule has 0 aliphatic carbocycles. The van der Waals surface area contributed by atoms with Crippen LogP contribution >= 0.6 is 11.6 Å². The number of rotatable bonds is 8. The molecule has 2 aliphatic heterocycles. The summed E-state index contributed by atoms with van der Waals surface area (Å²) >= 11 is 6.34. The van der Waals surface area contributed by atoms with Crippen molar-refractivity contribution in [2.75, 3.05) is 27.2 Å². The Bertz CT molecular complexity index is 1210. The van der Waals surface area contributed by atoms with Crippen LogP contribution in [-0.4, -0.2) is 88.2 Å². The van der Waals surface area contributed by atoms with Crippen LogP contribution in [0.5, 0.6) is 5.75 Å². The van der Waals surface area contributed by atoms with Crippen molar-refractivity contribution in [3.05, 3.63) is 64.7 Å². The second-order valence-corrected chi connectivity index (χ2v) is 9.61. The number of nitrogens with one attached hydrogen (secondary N) is 1. The molecule has 0 aromatic heterocycles. The van der Waals surface area contributed by atoms with Gasteiger partial charge in [-0.05, 0) is 35.7 Å². The number of likely N-dealkylation sites (N-methyl/N-ethyl adjacent to an activating group) is 1. The van der Waals surface area contributed by atoms with E-state index in [1.807, 2.05) is 12.1 Å². The number of amides is 4. The number of piperazine rings is 1. The molecule has 2 aromatic rings. The topological polar surface area (TPSA) is 123 Å². The highest BCUT2D eigenvalue weighted by Crippen LogP contribution is 2.30. The Morgan fingerprint density at radius 1 is 1.13 bits per heavy atom. The van der Waals surface area contributed by atoms with Crippen molar-refractivity contribution in [2.45, 2.75) is 38.1 Å². The molecule has 2 aliphatic rings. The maximum absolute atomic E-state index is 13.5. The number of halogens is 1. The van der Waals surface area contributed by atoms with Crippen LogP contribution in [0.25, 0.3) is 0 Å². The van der Waals surface area contributed by atoms with Gasteiger partial charge in [0.25, 0.3) is 0 Å². The number of carboxylic acid groups (broad SMARTS) is 1. The molecule has 0 spiro atoms. The maximum Gasteiger partial charge on any atom is 0.334 e. The number of urea groups is 1. The van der Waals surface area contributed by atoms with Crippen molar-refractivity contribution in [1.82, 2.24) is 25.1 Å². The highest BCUT2D eigenvalue weighted by Gasteiger charge is 2.50. The lowest BCUT2D eigenvalue weighted by molar-refractivity contribution is -0.188. The zero-order valence-corrected chi connectivity index (χ0v) is 21.9. The Kier molecular flexibility index (Phi) is 8.38. The third-order valence-electron chi connectivity index (χ3n) is 6.70. The number of nitrogens with zero attached hydrogens (tertiary/aromatic N) is 4. The van der Waals surface area contributed by atoms with Gasteiger partial charge >= 0.3 is 12.0 Å². The first-order chi connectivity index (χ1) is 18.2. The number of carbonyl (C=O) groups excluding carboxylic acids is 3. The third kappa shape index (κ3) is 5.84. The number of benzene rings is 2. The van der Waals surface area contributed by atoms with E-state index in [4.69, 9.17) is 16.3 Å². The fraction of sp³-hybridized carbons (Fsp3) is 0.385. The van der Waals surface area contributed by atoms with Crippen molar-refractivity contribution < 1.29 is 29.0 Å². The molecule has 0 saturated carbocycles. The van der Waals surface area contributed by atoms with Gasteiger partial charge < -0.3 is 25.0 Å². The molecule has 4 amide bonds. The monoisotopic (exact) mass is 543 g/mol. The summed E-state index contributed by atoms with van der Waals surface area (Å²) in [6.07, 6.45) is -1.19. The number of hydrazine groups is 1. The van der Waals surface area contributed by atoms with E-state index in [1.54, 1.807) is 50.6 Å². The van der Waals surface area contributed by atoms with Crippen molar-refractivity contribution in [3.63, 3.8) is 0 Å². The molecule has 2 heterocycles. The van der Waals surface area contributed by atoms with Crippen LogP contribution in [0.2, 0.25) is 5.02 Å². The first kappa shape index (κ1) is 27.2. The molecule has 0 unspecified atom stereocenters. The van der Waals surface area contributed by atoms with Gasteiger partial charge in [-0.3, -0.25) is 14.4 Å². The first-order valence-corrected chi connectivity index (χ1v) is 12.5. The second-order valence-electron chi connectivity index (χ2n) is 9.21. The number of carbonyl (C=O) groups is 4. The summed E-state index contributed by atoms with van der Waals surface area (Å²) in [5.41, 5.74) is 1.56. The molecule has 0 radical (unpaired) electrons. The van der Waals surface area contributed by atoms with E-state index < -0.39 is 24.2 Å². The molecule has 2 fully saturated rings. The van der Waals surface area contributed by atoms with E-state index in [0.717, 1.165) is 5.56 Å². The summed E-state index contributed by atoms with van der Waals surface area (Å²) in [5.74, 6) is -1.10. The van der Waals surface area contributed by atoms with E-state index in [-0.39, 0.29) is 50.8 Å². The quantitative estimate of drug-likeness (QED) is 0.523. The summed E-state index contributed by atoms with van der Waals surface area (Å²) in [6.45, 7) is 0.303. The summed E-state index contributed by atoms with van der Waals surface area (Å²) in [7, 11) is 3.20. The standard InChI is InChI=1S/C26H30ClN5O6/c1-29-16-23(33)31-21(11-12-24(34)35)25(36)30(14-18-5-3-4-6-20(18)27)15-22(31)32(29)26(37)28-13-17-7-9-19(38-2)10-8-17/h3-10,21-22H,11-16H2,1-2H3,(H,28,37)(H,34,35)/t21-,22-/m0/s1. The predicted octanol–water partition coefficient (Wildman–Crippen LogP) is 2.15. The minimum atomic E-state index is -1.08. The molecule has 38 heavy (non-hydrogen) atoms. The van der Waals surface area contributed by atoms with Crippen LogP contribution in [0, 0.1) is 0 Å². The molecule has 2 N–H and O–H groups in total. The van der Waals surface area contributed by atoms with Gasteiger partial charge in [-0.1, -0.05) is 41.9 Å². The SMILES string of the molecule is COc1ccc(CNC(=O)N2[C@H]3CN(Cc4ccccc4Cl)C(=O)[C@H](CCC(=O)O)N3C(=O)CN2C)cc1. The van der Waals surface area contributed by atoms with Crippen LogP contribution in [0.15, 0.2) is 48.5 Å². The Morgan fingerprint density at radius 2 is 1.84 bits per heavy atom.